The average Bonchev–Trinajstić information content (AvgIpc) is 2.64. The lowest BCUT2D eigenvalue weighted by molar-refractivity contribution is 0.0986. The van der Waals surface area contributed by atoms with E-state index in [0.29, 0.717) is 10.8 Å². The molecule has 0 radical (unpaired) electrons. The number of carbonyl (C=O) groups is 1. The molecule has 16 heavy (non-hydrogen) atoms. The fourth-order valence-corrected chi connectivity index (χ4v) is 1.44. The molecule has 0 aliphatic rings. The summed E-state index contributed by atoms with van der Waals surface area (Å²) in [6, 6.07) is 3.28. The zero-order chi connectivity index (χ0) is 11.5. The molecule has 0 aliphatic heterocycles. The van der Waals surface area contributed by atoms with E-state index in [9.17, 15) is 4.79 Å². The van der Waals surface area contributed by atoms with Gasteiger partial charge in [0.2, 0.25) is 0 Å². The van der Waals surface area contributed by atoms with Crippen LogP contribution in [0.5, 0.6) is 0 Å². The molecule has 2 aromatic rings. The van der Waals surface area contributed by atoms with E-state index in [-0.39, 0.29) is 17.9 Å². The first-order valence-electron chi connectivity index (χ1n) is 4.53. The van der Waals surface area contributed by atoms with E-state index in [2.05, 4.69) is 20.4 Å². The summed E-state index contributed by atoms with van der Waals surface area (Å²) in [5, 5.41) is 11.6. The van der Waals surface area contributed by atoms with Gasteiger partial charge in [0.25, 0.3) is 0 Å². The van der Waals surface area contributed by atoms with E-state index in [1.807, 2.05) is 0 Å². The summed E-state index contributed by atoms with van der Waals surface area (Å²) in [7, 11) is 1.63. The summed E-state index contributed by atoms with van der Waals surface area (Å²) in [5.74, 6) is 0.132. The Morgan fingerprint density at radius 3 is 3.00 bits per heavy atom. The van der Waals surface area contributed by atoms with E-state index >= 15 is 0 Å². The molecule has 82 valence electrons. The minimum absolute atomic E-state index is 0.0462. The first-order valence-corrected chi connectivity index (χ1v) is 4.91. The molecule has 0 aliphatic carbocycles. The van der Waals surface area contributed by atoms with Crippen molar-refractivity contribution >= 4 is 17.4 Å². The van der Waals surface area contributed by atoms with Crippen molar-refractivity contribution in [2.24, 2.45) is 7.05 Å². The van der Waals surface area contributed by atoms with Gasteiger partial charge in [-0.15, -0.1) is 10.2 Å². The SMILES string of the molecule is Cn1nnc(CC(=O)c2ncccc2Cl)n1. The van der Waals surface area contributed by atoms with Gasteiger partial charge in [-0.3, -0.25) is 9.78 Å². The Hall–Kier alpha value is -1.82. The molecule has 0 unspecified atom stereocenters. The normalized spacial score (nSPS) is 10.4. The highest BCUT2D eigenvalue weighted by molar-refractivity contribution is 6.33. The maximum absolute atomic E-state index is 11.8. The molecule has 0 aromatic carbocycles. The van der Waals surface area contributed by atoms with Crippen LogP contribution in [0.25, 0.3) is 0 Å². The Morgan fingerprint density at radius 1 is 1.56 bits per heavy atom. The molecule has 0 spiro atoms. The van der Waals surface area contributed by atoms with Crippen molar-refractivity contribution in [1.82, 2.24) is 25.2 Å². The number of ketones is 1. The quantitative estimate of drug-likeness (QED) is 0.734. The van der Waals surface area contributed by atoms with Crippen LogP contribution in [0.3, 0.4) is 0 Å². The molecule has 0 bridgehead atoms. The molecular weight excluding hydrogens is 230 g/mol. The number of halogens is 1. The van der Waals surface area contributed by atoms with Crippen LogP contribution in [0.2, 0.25) is 5.02 Å². The maximum atomic E-state index is 11.8. The van der Waals surface area contributed by atoms with Crippen LogP contribution >= 0.6 is 11.6 Å². The largest absolute Gasteiger partial charge is 0.292 e. The first-order chi connectivity index (χ1) is 7.66. The highest BCUT2D eigenvalue weighted by atomic mass is 35.5. The lowest BCUT2D eigenvalue weighted by atomic mass is 10.2. The highest BCUT2D eigenvalue weighted by Gasteiger charge is 2.14. The van der Waals surface area contributed by atoms with Crippen LogP contribution < -0.4 is 0 Å². The van der Waals surface area contributed by atoms with Gasteiger partial charge >= 0.3 is 0 Å². The summed E-state index contributed by atoms with van der Waals surface area (Å²) in [6.45, 7) is 0. The number of hydrogen-bond acceptors (Lipinski definition) is 5. The Bertz CT molecular complexity index is 524. The van der Waals surface area contributed by atoms with E-state index in [4.69, 9.17) is 11.6 Å². The van der Waals surface area contributed by atoms with Crippen molar-refractivity contribution in [3.8, 4) is 0 Å². The van der Waals surface area contributed by atoms with Crippen LogP contribution in [0.1, 0.15) is 16.3 Å². The van der Waals surface area contributed by atoms with E-state index < -0.39 is 0 Å². The van der Waals surface area contributed by atoms with Crippen LogP contribution in [0, 0.1) is 0 Å². The van der Waals surface area contributed by atoms with Gasteiger partial charge < -0.3 is 0 Å². The van der Waals surface area contributed by atoms with E-state index in [1.165, 1.54) is 11.0 Å². The van der Waals surface area contributed by atoms with Gasteiger partial charge in [-0.2, -0.15) is 4.80 Å². The van der Waals surface area contributed by atoms with Gasteiger partial charge in [-0.05, 0) is 17.3 Å². The smallest absolute Gasteiger partial charge is 0.190 e. The molecule has 0 amide bonds. The lowest BCUT2D eigenvalue weighted by Gasteiger charge is -1.98. The number of tetrazole rings is 1. The van der Waals surface area contributed by atoms with Crippen LogP contribution in [-0.2, 0) is 13.5 Å². The third-order valence-corrected chi connectivity index (χ3v) is 2.20. The number of pyridine rings is 1. The second kappa shape index (κ2) is 4.36. The van der Waals surface area contributed by atoms with Crippen molar-refractivity contribution in [3.63, 3.8) is 0 Å². The Balaban J connectivity index is 2.18. The number of hydrogen-bond donors (Lipinski definition) is 0. The van der Waals surface area contributed by atoms with Crippen LogP contribution in [0.15, 0.2) is 18.3 Å². The third-order valence-electron chi connectivity index (χ3n) is 1.89. The predicted octanol–water partition coefficient (Wildman–Crippen LogP) is 0.684. The molecule has 0 saturated heterocycles. The summed E-state index contributed by atoms with van der Waals surface area (Å²) < 4.78 is 0. The number of rotatable bonds is 3. The lowest BCUT2D eigenvalue weighted by Crippen LogP contribution is -2.08. The highest BCUT2D eigenvalue weighted by Crippen LogP contribution is 2.13. The number of aryl methyl sites for hydroxylation is 1. The van der Waals surface area contributed by atoms with Crippen molar-refractivity contribution in [2.45, 2.75) is 6.42 Å². The zero-order valence-corrected chi connectivity index (χ0v) is 9.22. The van der Waals surface area contributed by atoms with Crippen LogP contribution in [-0.4, -0.2) is 31.0 Å². The first kappa shape index (κ1) is 10.7. The molecule has 2 rings (SSSR count). The van der Waals surface area contributed by atoms with Crippen molar-refractivity contribution in [2.75, 3.05) is 0 Å². The standard InChI is InChI=1S/C9H8ClN5O/c1-15-13-8(12-14-15)5-7(16)9-6(10)3-2-4-11-9/h2-4H,5H2,1H3. The molecule has 7 heteroatoms. The molecule has 0 saturated carbocycles. The number of carbonyl (C=O) groups excluding carboxylic acids is 1. The number of aromatic nitrogens is 5. The molecule has 0 N–H and O–H groups in total. The Labute approximate surface area is 96.3 Å². The van der Waals surface area contributed by atoms with Crippen molar-refractivity contribution < 1.29 is 4.79 Å². The fraction of sp³-hybridized carbons (Fsp3) is 0.222. The van der Waals surface area contributed by atoms with Crippen molar-refractivity contribution in [1.29, 1.82) is 0 Å². The summed E-state index contributed by atoms with van der Waals surface area (Å²) in [4.78, 5) is 17.0. The second-order valence-corrected chi connectivity index (χ2v) is 3.54. The molecule has 6 nitrogen and oxygen atoms in total. The molecule has 2 aromatic heterocycles. The minimum atomic E-state index is -0.224. The Morgan fingerprint density at radius 2 is 2.38 bits per heavy atom. The summed E-state index contributed by atoms with van der Waals surface area (Å²) in [6.07, 6.45) is 1.56. The molecule has 0 atom stereocenters. The number of Topliss-reactive ketones (excluding diaryl/α,β-unsaturated/α-hetero) is 1. The predicted molar refractivity (Wildman–Crippen MR) is 56.1 cm³/mol. The summed E-state index contributed by atoms with van der Waals surface area (Å²) >= 11 is 5.85. The Kier molecular flexibility index (Phi) is 2.91. The van der Waals surface area contributed by atoms with Crippen LogP contribution in [0.4, 0.5) is 0 Å². The van der Waals surface area contributed by atoms with Gasteiger partial charge in [-0.1, -0.05) is 11.6 Å². The van der Waals surface area contributed by atoms with Crippen molar-refractivity contribution in [3.05, 3.63) is 34.9 Å². The minimum Gasteiger partial charge on any atom is -0.292 e. The molecule has 0 fully saturated rings. The zero-order valence-electron chi connectivity index (χ0n) is 8.46. The van der Waals surface area contributed by atoms with Gasteiger partial charge in [0.1, 0.15) is 5.69 Å². The van der Waals surface area contributed by atoms with Gasteiger partial charge in [0.15, 0.2) is 11.6 Å². The van der Waals surface area contributed by atoms with E-state index in [0.717, 1.165) is 0 Å². The number of nitrogens with zero attached hydrogens (tertiary/aromatic N) is 5. The maximum Gasteiger partial charge on any atom is 0.190 e. The average molecular weight is 238 g/mol. The van der Waals surface area contributed by atoms with E-state index in [1.54, 1.807) is 19.2 Å². The fourth-order valence-electron chi connectivity index (χ4n) is 1.21. The van der Waals surface area contributed by atoms with Gasteiger partial charge in [0.05, 0.1) is 18.5 Å². The molecule has 2 heterocycles. The van der Waals surface area contributed by atoms with Gasteiger partial charge in [0, 0.05) is 6.20 Å². The van der Waals surface area contributed by atoms with Gasteiger partial charge in [-0.25, -0.2) is 0 Å². The third kappa shape index (κ3) is 2.22. The second-order valence-electron chi connectivity index (χ2n) is 3.13. The topological polar surface area (TPSA) is 73.6 Å². The monoisotopic (exact) mass is 237 g/mol. The molecular formula is C9H8ClN5O. The summed E-state index contributed by atoms with van der Waals surface area (Å²) in [5.41, 5.74) is 0.233.